The molecule has 0 N–H and O–H groups in total. The number of rotatable bonds is 5. The first-order chi connectivity index (χ1) is 7.38. The zero-order valence-corrected chi connectivity index (χ0v) is 9.37. The highest BCUT2D eigenvalue weighted by molar-refractivity contribution is 6.17. The van der Waals surface area contributed by atoms with Gasteiger partial charge in [0.2, 0.25) is 5.89 Å². The Balaban J connectivity index is 1.83. The van der Waals surface area contributed by atoms with Crippen molar-refractivity contribution in [2.45, 2.75) is 25.7 Å². The van der Waals surface area contributed by atoms with Crippen molar-refractivity contribution in [1.29, 1.82) is 0 Å². The van der Waals surface area contributed by atoms with Gasteiger partial charge in [0.05, 0.1) is 0 Å². The number of hydrogen-bond acceptors (Lipinski definition) is 4. The van der Waals surface area contributed by atoms with Crippen LogP contribution in [0.4, 0.5) is 0 Å². The van der Waals surface area contributed by atoms with E-state index in [-0.39, 0.29) is 0 Å². The van der Waals surface area contributed by atoms with Crippen LogP contribution in [0.15, 0.2) is 4.52 Å². The maximum atomic E-state index is 5.59. The fourth-order valence-electron chi connectivity index (χ4n) is 1.70. The molecule has 1 fully saturated rings. The van der Waals surface area contributed by atoms with E-state index in [1.54, 1.807) is 0 Å². The molecule has 0 amide bonds. The van der Waals surface area contributed by atoms with E-state index < -0.39 is 0 Å². The van der Waals surface area contributed by atoms with Crippen LogP contribution in [0.3, 0.4) is 0 Å². The van der Waals surface area contributed by atoms with Crippen LogP contribution in [0.1, 0.15) is 24.6 Å². The van der Waals surface area contributed by atoms with Crippen LogP contribution in [0.25, 0.3) is 0 Å². The van der Waals surface area contributed by atoms with Crippen LogP contribution in [-0.4, -0.2) is 29.2 Å². The minimum atomic E-state index is 0.559. The van der Waals surface area contributed by atoms with Crippen molar-refractivity contribution in [1.82, 2.24) is 10.1 Å². The second-order valence-corrected chi connectivity index (χ2v) is 4.21. The van der Waals surface area contributed by atoms with Gasteiger partial charge in [0.1, 0.15) is 0 Å². The molecule has 2 rings (SSSR count). The molecule has 1 aliphatic rings. The molecule has 1 aliphatic heterocycles. The van der Waals surface area contributed by atoms with Crippen LogP contribution in [0, 0.1) is 5.92 Å². The Morgan fingerprint density at radius 2 is 2.40 bits per heavy atom. The largest absolute Gasteiger partial charge is 0.381 e. The third kappa shape index (κ3) is 3.18. The van der Waals surface area contributed by atoms with Crippen LogP contribution in [-0.2, 0) is 17.6 Å². The van der Waals surface area contributed by atoms with Crippen LogP contribution in [0.2, 0.25) is 0 Å². The second-order valence-electron chi connectivity index (χ2n) is 3.83. The van der Waals surface area contributed by atoms with Gasteiger partial charge in [-0.15, -0.1) is 11.6 Å². The van der Waals surface area contributed by atoms with Crippen molar-refractivity contribution < 1.29 is 9.26 Å². The summed E-state index contributed by atoms with van der Waals surface area (Å²) >= 11 is 5.59. The molecule has 0 aromatic carbocycles. The molecule has 15 heavy (non-hydrogen) atoms. The van der Waals surface area contributed by atoms with Crippen molar-refractivity contribution in [2.24, 2.45) is 5.92 Å². The minimum absolute atomic E-state index is 0.559. The van der Waals surface area contributed by atoms with Crippen molar-refractivity contribution in [3.63, 3.8) is 0 Å². The van der Waals surface area contributed by atoms with Crippen LogP contribution >= 0.6 is 11.6 Å². The molecule has 0 saturated carbocycles. The Morgan fingerprint density at radius 1 is 1.47 bits per heavy atom. The molecule has 1 saturated heterocycles. The second kappa shape index (κ2) is 5.47. The SMILES string of the molecule is ClCCCc1nc(CC2CCOC2)no1. The Bertz CT molecular complexity index is 297. The standard InChI is InChI=1S/C10H15ClN2O2/c11-4-1-2-10-12-9(13-15-10)6-8-3-5-14-7-8/h8H,1-7H2. The summed E-state index contributed by atoms with van der Waals surface area (Å²) in [4.78, 5) is 4.32. The predicted octanol–water partition coefficient (Wildman–Crippen LogP) is 1.82. The van der Waals surface area contributed by atoms with E-state index in [1.165, 1.54) is 0 Å². The summed E-state index contributed by atoms with van der Waals surface area (Å²) in [5.74, 6) is 2.69. The summed E-state index contributed by atoms with van der Waals surface area (Å²) in [6.45, 7) is 1.69. The highest BCUT2D eigenvalue weighted by Crippen LogP contribution is 2.16. The molecule has 5 heteroatoms. The van der Waals surface area contributed by atoms with Gasteiger partial charge in [0.25, 0.3) is 0 Å². The van der Waals surface area contributed by atoms with Gasteiger partial charge in [-0.25, -0.2) is 0 Å². The first-order valence-corrected chi connectivity index (χ1v) is 5.87. The molecule has 1 aromatic heterocycles. The van der Waals surface area contributed by atoms with Gasteiger partial charge in [-0.05, 0) is 18.8 Å². The monoisotopic (exact) mass is 230 g/mol. The summed E-state index contributed by atoms with van der Waals surface area (Å²) in [5, 5.41) is 3.95. The Morgan fingerprint density at radius 3 is 3.13 bits per heavy atom. The number of aromatic nitrogens is 2. The molecule has 84 valence electrons. The number of ether oxygens (including phenoxy) is 1. The van der Waals surface area contributed by atoms with Gasteiger partial charge < -0.3 is 9.26 Å². The van der Waals surface area contributed by atoms with Gasteiger partial charge in [-0.3, -0.25) is 0 Å². The van der Waals surface area contributed by atoms with E-state index >= 15 is 0 Å². The van der Waals surface area contributed by atoms with E-state index in [4.69, 9.17) is 20.9 Å². The summed E-state index contributed by atoms with van der Waals surface area (Å²) < 4.78 is 10.4. The Hall–Kier alpha value is -0.610. The normalized spacial score (nSPS) is 21.0. The number of hydrogen-bond donors (Lipinski definition) is 0. The lowest BCUT2D eigenvalue weighted by atomic mass is 10.1. The summed E-state index contributed by atoms with van der Waals surface area (Å²) in [5.41, 5.74) is 0. The van der Waals surface area contributed by atoms with Gasteiger partial charge in [0, 0.05) is 31.9 Å². The maximum absolute atomic E-state index is 5.59. The molecule has 1 atom stereocenters. The van der Waals surface area contributed by atoms with E-state index in [1.807, 2.05) is 0 Å². The molecule has 0 aliphatic carbocycles. The highest BCUT2D eigenvalue weighted by Gasteiger charge is 2.18. The highest BCUT2D eigenvalue weighted by atomic mass is 35.5. The molecule has 1 aromatic rings. The van der Waals surface area contributed by atoms with Crippen molar-refractivity contribution in [3.8, 4) is 0 Å². The third-order valence-corrected chi connectivity index (χ3v) is 2.80. The number of aryl methyl sites for hydroxylation is 1. The molecule has 0 spiro atoms. The first kappa shape index (κ1) is 10.9. The lowest BCUT2D eigenvalue weighted by molar-refractivity contribution is 0.185. The Labute approximate surface area is 93.9 Å². The lowest BCUT2D eigenvalue weighted by Crippen LogP contribution is -2.05. The summed E-state index contributed by atoms with van der Waals surface area (Å²) in [6.07, 6.45) is 3.63. The van der Waals surface area contributed by atoms with E-state index in [0.717, 1.165) is 44.7 Å². The molecular weight excluding hydrogens is 216 g/mol. The molecule has 1 unspecified atom stereocenters. The minimum Gasteiger partial charge on any atom is -0.381 e. The zero-order valence-electron chi connectivity index (χ0n) is 8.62. The fourth-order valence-corrected chi connectivity index (χ4v) is 1.83. The Kier molecular flexibility index (Phi) is 3.97. The van der Waals surface area contributed by atoms with Crippen LogP contribution in [0.5, 0.6) is 0 Å². The number of halogens is 1. The van der Waals surface area contributed by atoms with Crippen molar-refractivity contribution in [2.75, 3.05) is 19.1 Å². The average molecular weight is 231 g/mol. The summed E-state index contributed by atoms with van der Waals surface area (Å²) in [6, 6.07) is 0. The van der Waals surface area contributed by atoms with E-state index in [2.05, 4.69) is 10.1 Å². The van der Waals surface area contributed by atoms with Gasteiger partial charge in [-0.2, -0.15) is 4.98 Å². The van der Waals surface area contributed by atoms with Crippen molar-refractivity contribution in [3.05, 3.63) is 11.7 Å². The number of alkyl halides is 1. The molecule has 0 radical (unpaired) electrons. The van der Waals surface area contributed by atoms with Crippen molar-refractivity contribution >= 4 is 11.6 Å². The van der Waals surface area contributed by atoms with Gasteiger partial charge in [-0.1, -0.05) is 5.16 Å². The fraction of sp³-hybridized carbons (Fsp3) is 0.800. The topological polar surface area (TPSA) is 48.2 Å². The molecule has 4 nitrogen and oxygen atoms in total. The first-order valence-electron chi connectivity index (χ1n) is 5.33. The lowest BCUT2D eigenvalue weighted by Gasteiger charge is -2.00. The molecule has 0 bridgehead atoms. The molecular formula is C10H15ClN2O2. The van der Waals surface area contributed by atoms with E-state index in [9.17, 15) is 0 Å². The maximum Gasteiger partial charge on any atom is 0.226 e. The zero-order chi connectivity index (χ0) is 10.5. The smallest absolute Gasteiger partial charge is 0.226 e. The van der Waals surface area contributed by atoms with Crippen LogP contribution < -0.4 is 0 Å². The average Bonchev–Trinajstić information content (AvgIpc) is 2.87. The predicted molar refractivity (Wildman–Crippen MR) is 56.0 cm³/mol. The van der Waals surface area contributed by atoms with Gasteiger partial charge >= 0.3 is 0 Å². The molecule has 2 heterocycles. The number of nitrogens with zero attached hydrogens (tertiary/aromatic N) is 2. The summed E-state index contributed by atoms with van der Waals surface area (Å²) in [7, 11) is 0. The van der Waals surface area contributed by atoms with Gasteiger partial charge in [0.15, 0.2) is 5.82 Å². The quantitative estimate of drug-likeness (QED) is 0.724. The van der Waals surface area contributed by atoms with E-state index in [0.29, 0.717) is 17.7 Å². The third-order valence-electron chi connectivity index (χ3n) is 2.53.